The van der Waals surface area contributed by atoms with E-state index in [0.717, 1.165) is 18.0 Å². The lowest BCUT2D eigenvalue weighted by Crippen LogP contribution is -2.15. The van der Waals surface area contributed by atoms with Gasteiger partial charge >= 0.3 is 0 Å². The number of aromatic nitrogens is 1. The van der Waals surface area contributed by atoms with Crippen molar-refractivity contribution in [1.29, 1.82) is 0 Å². The van der Waals surface area contributed by atoms with Gasteiger partial charge in [-0.15, -0.1) is 0 Å². The highest BCUT2D eigenvalue weighted by molar-refractivity contribution is 5.32. The van der Waals surface area contributed by atoms with E-state index in [1.165, 1.54) is 5.56 Å². The molecular weight excluding hydrogens is 248 g/mol. The van der Waals surface area contributed by atoms with Crippen LogP contribution >= 0.6 is 0 Å². The average Bonchev–Trinajstić information content (AvgIpc) is 2.39. The van der Waals surface area contributed by atoms with Gasteiger partial charge in [0.2, 0.25) is 5.88 Å². The average molecular weight is 270 g/mol. The van der Waals surface area contributed by atoms with E-state index in [2.05, 4.69) is 37.1 Å². The Bertz CT molecular complexity index is 559. The second kappa shape index (κ2) is 6.06. The molecule has 0 atom stereocenters. The zero-order chi connectivity index (χ0) is 14.6. The maximum absolute atomic E-state index is 5.86. The van der Waals surface area contributed by atoms with E-state index in [4.69, 9.17) is 4.74 Å². The minimum atomic E-state index is -0.00144. The van der Waals surface area contributed by atoms with Gasteiger partial charge in [0.05, 0.1) is 5.69 Å². The van der Waals surface area contributed by atoms with Crippen LogP contribution in [0, 0.1) is 0 Å². The molecule has 0 bridgehead atoms. The second-order valence-corrected chi connectivity index (χ2v) is 5.89. The van der Waals surface area contributed by atoms with Gasteiger partial charge in [0.25, 0.3) is 0 Å². The van der Waals surface area contributed by atoms with Crippen LogP contribution in [0.4, 0.5) is 0 Å². The monoisotopic (exact) mass is 270 g/mol. The molecule has 1 aromatic heterocycles. The van der Waals surface area contributed by atoms with Gasteiger partial charge in [-0.2, -0.15) is 0 Å². The van der Waals surface area contributed by atoms with Gasteiger partial charge in [-0.3, -0.25) is 0 Å². The Balaban J connectivity index is 2.34. The normalized spacial score (nSPS) is 11.4. The summed E-state index contributed by atoms with van der Waals surface area (Å²) in [4.78, 5) is 4.63. The first-order chi connectivity index (χ1) is 9.49. The van der Waals surface area contributed by atoms with Crippen LogP contribution in [-0.4, -0.2) is 12.0 Å². The van der Waals surface area contributed by atoms with Crippen molar-refractivity contribution in [2.75, 3.05) is 7.05 Å². The molecule has 1 heterocycles. The predicted molar refractivity (Wildman–Crippen MR) is 82.2 cm³/mol. The predicted octanol–water partition coefficient (Wildman–Crippen LogP) is 3.89. The highest BCUT2D eigenvalue weighted by atomic mass is 16.5. The second-order valence-electron chi connectivity index (χ2n) is 5.89. The van der Waals surface area contributed by atoms with Crippen molar-refractivity contribution >= 4 is 0 Å². The molecule has 20 heavy (non-hydrogen) atoms. The summed E-state index contributed by atoms with van der Waals surface area (Å²) in [6.07, 6.45) is 0. The van der Waals surface area contributed by atoms with Crippen molar-refractivity contribution in [2.45, 2.75) is 32.7 Å². The lowest BCUT2D eigenvalue weighted by Gasteiger charge is -2.20. The third-order valence-electron chi connectivity index (χ3n) is 2.98. The molecule has 2 rings (SSSR count). The molecule has 0 unspecified atom stereocenters. The molecule has 0 fully saturated rings. The highest BCUT2D eigenvalue weighted by Crippen LogP contribution is 2.26. The van der Waals surface area contributed by atoms with Gasteiger partial charge in [0, 0.05) is 18.0 Å². The van der Waals surface area contributed by atoms with E-state index in [1.54, 1.807) is 0 Å². The van der Waals surface area contributed by atoms with Gasteiger partial charge in [-0.05, 0) is 30.8 Å². The summed E-state index contributed by atoms with van der Waals surface area (Å²) in [6, 6.07) is 13.9. The van der Waals surface area contributed by atoms with Gasteiger partial charge in [0.1, 0.15) is 5.75 Å². The van der Waals surface area contributed by atoms with Crippen LogP contribution in [0.5, 0.6) is 11.6 Å². The highest BCUT2D eigenvalue weighted by Gasteiger charge is 2.17. The zero-order valence-electron chi connectivity index (χ0n) is 12.6. The Morgan fingerprint density at radius 2 is 1.80 bits per heavy atom. The van der Waals surface area contributed by atoms with E-state index in [-0.39, 0.29) is 5.41 Å². The number of pyridine rings is 1. The van der Waals surface area contributed by atoms with E-state index in [1.807, 2.05) is 43.4 Å². The molecule has 3 nitrogen and oxygen atoms in total. The lowest BCUT2D eigenvalue weighted by molar-refractivity contribution is 0.450. The topological polar surface area (TPSA) is 34.1 Å². The van der Waals surface area contributed by atoms with Gasteiger partial charge < -0.3 is 10.1 Å². The molecule has 0 spiro atoms. The number of para-hydroxylation sites is 1. The Hall–Kier alpha value is -1.87. The molecule has 0 radical (unpaired) electrons. The lowest BCUT2D eigenvalue weighted by atomic mass is 9.91. The fourth-order valence-corrected chi connectivity index (χ4v) is 1.91. The summed E-state index contributed by atoms with van der Waals surface area (Å²) in [5.41, 5.74) is 2.22. The first-order valence-corrected chi connectivity index (χ1v) is 6.88. The zero-order valence-corrected chi connectivity index (χ0v) is 12.6. The van der Waals surface area contributed by atoms with Crippen LogP contribution in [0.2, 0.25) is 0 Å². The third kappa shape index (κ3) is 3.81. The quantitative estimate of drug-likeness (QED) is 0.915. The van der Waals surface area contributed by atoms with Crippen LogP contribution < -0.4 is 10.1 Å². The Kier molecular flexibility index (Phi) is 4.40. The number of hydrogen-bond acceptors (Lipinski definition) is 3. The third-order valence-corrected chi connectivity index (χ3v) is 2.98. The van der Waals surface area contributed by atoms with Crippen molar-refractivity contribution in [3.63, 3.8) is 0 Å². The summed E-state index contributed by atoms with van der Waals surface area (Å²) in [6.45, 7) is 7.27. The first kappa shape index (κ1) is 14.5. The van der Waals surface area contributed by atoms with Crippen molar-refractivity contribution < 1.29 is 4.74 Å². The molecule has 0 aliphatic rings. The van der Waals surface area contributed by atoms with E-state index in [9.17, 15) is 0 Å². The van der Waals surface area contributed by atoms with Gasteiger partial charge in [0.15, 0.2) is 0 Å². The minimum absolute atomic E-state index is 0.00144. The number of hydrogen-bond donors (Lipinski definition) is 1. The van der Waals surface area contributed by atoms with Crippen molar-refractivity contribution in [1.82, 2.24) is 10.3 Å². The summed E-state index contributed by atoms with van der Waals surface area (Å²) < 4.78 is 5.86. The fourth-order valence-electron chi connectivity index (χ4n) is 1.91. The smallest absolute Gasteiger partial charge is 0.219 e. The Morgan fingerprint density at radius 1 is 1.10 bits per heavy atom. The summed E-state index contributed by atoms with van der Waals surface area (Å²) in [5, 5.41) is 3.17. The molecular formula is C17H22N2O. The molecule has 1 aromatic carbocycles. The van der Waals surface area contributed by atoms with Crippen LogP contribution in [0.1, 0.15) is 32.0 Å². The number of nitrogens with one attached hydrogen (secondary N) is 1. The molecule has 2 aromatic rings. The Labute approximate surface area is 121 Å². The van der Waals surface area contributed by atoms with Gasteiger partial charge in [-0.1, -0.05) is 39.0 Å². The molecule has 0 saturated heterocycles. The number of rotatable bonds is 4. The van der Waals surface area contributed by atoms with Crippen molar-refractivity contribution in [3.05, 3.63) is 53.7 Å². The first-order valence-electron chi connectivity index (χ1n) is 6.88. The molecule has 0 aliphatic carbocycles. The van der Waals surface area contributed by atoms with Crippen molar-refractivity contribution in [3.8, 4) is 11.6 Å². The minimum Gasteiger partial charge on any atom is -0.439 e. The summed E-state index contributed by atoms with van der Waals surface area (Å²) in [5.74, 6) is 1.45. The van der Waals surface area contributed by atoms with Crippen LogP contribution in [0.25, 0.3) is 0 Å². The number of benzene rings is 1. The maximum Gasteiger partial charge on any atom is 0.219 e. The van der Waals surface area contributed by atoms with Crippen LogP contribution in [0.15, 0.2) is 42.5 Å². The van der Waals surface area contributed by atoms with Crippen LogP contribution in [-0.2, 0) is 12.0 Å². The molecule has 106 valence electrons. The van der Waals surface area contributed by atoms with Gasteiger partial charge in [-0.25, -0.2) is 4.98 Å². The number of nitrogens with zero attached hydrogens (tertiary/aromatic N) is 1. The number of ether oxygens (including phenoxy) is 1. The van der Waals surface area contributed by atoms with Crippen molar-refractivity contribution in [2.24, 2.45) is 0 Å². The molecule has 1 N–H and O–H groups in total. The molecule has 3 heteroatoms. The maximum atomic E-state index is 5.86. The summed E-state index contributed by atoms with van der Waals surface area (Å²) >= 11 is 0. The van der Waals surface area contributed by atoms with E-state index in [0.29, 0.717) is 5.88 Å². The molecule has 0 aliphatic heterocycles. The SMILES string of the molecule is CNCc1cc(Oc2ccccc2)nc(C(C)(C)C)c1. The van der Waals surface area contributed by atoms with E-state index < -0.39 is 0 Å². The standard InChI is InChI=1S/C17H22N2O/c1-17(2,3)15-10-13(12-18-4)11-16(19-15)20-14-8-6-5-7-9-14/h5-11,18H,12H2,1-4H3. The van der Waals surface area contributed by atoms with E-state index >= 15 is 0 Å². The van der Waals surface area contributed by atoms with Crippen LogP contribution in [0.3, 0.4) is 0 Å². The molecule has 0 saturated carbocycles. The molecule has 0 amide bonds. The fraction of sp³-hybridized carbons (Fsp3) is 0.353. The largest absolute Gasteiger partial charge is 0.439 e. The summed E-state index contributed by atoms with van der Waals surface area (Å²) in [7, 11) is 1.94. The Morgan fingerprint density at radius 3 is 2.40 bits per heavy atom.